The molecule has 12 heavy (non-hydrogen) atoms. The first-order valence-electron chi connectivity index (χ1n) is 3.76. The molecule has 1 rings (SSSR count). The van der Waals surface area contributed by atoms with Crippen LogP contribution in [0.25, 0.3) is 0 Å². The fourth-order valence-electron chi connectivity index (χ4n) is 1.32. The molecule has 1 aliphatic carbocycles. The van der Waals surface area contributed by atoms with E-state index >= 15 is 0 Å². The van der Waals surface area contributed by atoms with Crippen molar-refractivity contribution in [2.24, 2.45) is 0 Å². The van der Waals surface area contributed by atoms with E-state index in [9.17, 15) is 19.1 Å². The van der Waals surface area contributed by atoms with Crippen LogP contribution in [-0.4, -0.2) is 17.3 Å². The van der Waals surface area contributed by atoms with Crippen molar-refractivity contribution in [1.82, 2.24) is 0 Å². The number of halogens is 1. The zero-order chi connectivity index (χ0) is 9.19. The third-order valence-electron chi connectivity index (χ3n) is 1.89. The summed E-state index contributed by atoms with van der Waals surface area (Å²) in [6.45, 7) is 0. The number of rotatable bonds is 2. The van der Waals surface area contributed by atoms with Crippen molar-refractivity contribution in [3.05, 3.63) is 0 Å². The lowest BCUT2D eigenvalue weighted by atomic mass is 9.95. The van der Waals surface area contributed by atoms with E-state index in [4.69, 9.17) is 0 Å². The van der Waals surface area contributed by atoms with Gasteiger partial charge in [-0.15, -0.1) is 0 Å². The molecule has 0 amide bonds. The molecule has 5 nitrogen and oxygen atoms in total. The summed E-state index contributed by atoms with van der Waals surface area (Å²) in [6, 6.07) is 0. The molecule has 2 atom stereocenters. The molecule has 0 radical (unpaired) electrons. The lowest BCUT2D eigenvalue weighted by molar-refractivity contribution is -1.92. The Balaban J connectivity index is 2.39. The first-order chi connectivity index (χ1) is 5.49. The van der Waals surface area contributed by atoms with E-state index in [1.165, 1.54) is 0 Å². The normalized spacial score (nSPS) is 32.0. The molecule has 0 aliphatic heterocycles. The molecule has 0 aromatic heterocycles. The summed E-state index contributed by atoms with van der Waals surface area (Å²) in [6.07, 6.45) is 0.882. The molecular formula is C6H11ClO5. The van der Waals surface area contributed by atoms with Gasteiger partial charge in [0.05, 0.1) is 20.6 Å². The van der Waals surface area contributed by atoms with Crippen molar-refractivity contribution in [2.75, 3.05) is 0 Å². The third-order valence-corrected chi connectivity index (χ3v) is 2.34. The number of hydrogen-bond acceptors (Lipinski definition) is 5. The fraction of sp³-hybridized carbons (Fsp3) is 1.00. The van der Waals surface area contributed by atoms with E-state index in [2.05, 4.69) is 4.29 Å². The Labute approximate surface area is 72.3 Å². The van der Waals surface area contributed by atoms with Crippen molar-refractivity contribution < 1.29 is 33.6 Å². The average Bonchev–Trinajstić information content (AvgIpc) is 1.91. The predicted octanol–water partition coefficient (Wildman–Crippen LogP) is -2.80. The highest BCUT2D eigenvalue weighted by atomic mass is 35.7. The van der Waals surface area contributed by atoms with Gasteiger partial charge in [-0.2, -0.15) is 14.0 Å². The van der Waals surface area contributed by atoms with Gasteiger partial charge >= 0.3 is 0 Å². The van der Waals surface area contributed by atoms with Crippen LogP contribution in [0.2, 0.25) is 0 Å². The maximum absolute atomic E-state index is 10.1. The van der Waals surface area contributed by atoms with Gasteiger partial charge in [0.25, 0.3) is 0 Å². The van der Waals surface area contributed by atoms with E-state index in [0.29, 0.717) is 12.8 Å². The minimum atomic E-state index is -4.40. The Morgan fingerprint density at radius 1 is 1.17 bits per heavy atom. The van der Waals surface area contributed by atoms with E-state index in [1.54, 1.807) is 0 Å². The molecule has 0 saturated heterocycles. The zero-order valence-corrected chi connectivity index (χ0v) is 7.20. The van der Waals surface area contributed by atoms with Crippen LogP contribution in [0.5, 0.6) is 0 Å². The second-order valence-electron chi connectivity index (χ2n) is 2.86. The highest BCUT2D eigenvalue weighted by Gasteiger charge is 2.36. The Kier molecular flexibility index (Phi) is 3.28. The molecule has 0 aromatic rings. The zero-order valence-electron chi connectivity index (χ0n) is 6.44. The van der Waals surface area contributed by atoms with Crippen molar-refractivity contribution in [3.63, 3.8) is 0 Å². The van der Waals surface area contributed by atoms with Gasteiger partial charge in [0.1, 0.15) is 0 Å². The van der Waals surface area contributed by atoms with Crippen LogP contribution < -0.4 is 14.0 Å². The molecule has 0 heterocycles. The molecule has 1 fully saturated rings. The SMILES string of the molecule is [O-][Cl+3]([O-])([O-])OC1CCCCC1O. The summed E-state index contributed by atoms with van der Waals surface area (Å²) >= 11 is 0. The molecule has 1 N–H and O–H groups in total. The molecular weight excluding hydrogens is 188 g/mol. The Morgan fingerprint density at radius 3 is 2.25 bits per heavy atom. The van der Waals surface area contributed by atoms with Crippen LogP contribution in [0.15, 0.2) is 0 Å². The van der Waals surface area contributed by atoms with E-state index in [-0.39, 0.29) is 0 Å². The molecule has 1 aliphatic rings. The Morgan fingerprint density at radius 2 is 1.75 bits per heavy atom. The van der Waals surface area contributed by atoms with Crippen molar-refractivity contribution in [3.8, 4) is 0 Å². The molecule has 0 spiro atoms. The number of aliphatic hydroxyl groups is 1. The molecule has 2 unspecified atom stereocenters. The maximum atomic E-state index is 10.1. The van der Waals surface area contributed by atoms with Crippen LogP contribution in [0.3, 0.4) is 0 Å². The largest absolute Gasteiger partial charge is 0.390 e. The summed E-state index contributed by atoms with van der Waals surface area (Å²) in [5.41, 5.74) is 0. The molecule has 0 bridgehead atoms. The number of aliphatic hydroxyl groups excluding tert-OH is 1. The molecule has 6 heteroatoms. The first kappa shape index (κ1) is 10.2. The van der Waals surface area contributed by atoms with Gasteiger partial charge in [-0.3, -0.25) is 0 Å². The van der Waals surface area contributed by atoms with Gasteiger partial charge in [0.15, 0.2) is 0 Å². The minimum Gasteiger partial charge on any atom is -0.390 e. The highest BCUT2D eigenvalue weighted by Crippen LogP contribution is 2.22. The maximum Gasteiger partial charge on any atom is 0.239 e. The summed E-state index contributed by atoms with van der Waals surface area (Å²) in [5, 5.41) is 9.20. The highest BCUT2D eigenvalue weighted by molar-refractivity contribution is 4.73. The second-order valence-corrected chi connectivity index (χ2v) is 3.79. The molecule has 72 valence electrons. The van der Waals surface area contributed by atoms with Crippen molar-refractivity contribution in [2.45, 2.75) is 37.9 Å². The van der Waals surface area contributed by atoms with Crippen LogP contribution in [0, 0.1) is 10.2 Å². The summed E-state index contributed by atoms with van der Waals surface area (Å²) < 4.78 is 34.5. The lowest BCUT2D eigenvalue weighted by Gasteiger charge is -2.25. The fourth-order valence-corrected chi connectivity index (χ4v) is 1.81. The van der Waals surface area contributed by atoms with Crippen LogP contribution >= 0.6 is 0 Å². The summed E-state index contributed by atoms with van der Waals surface area (Å²) in [7, 11) is -4.40. The van der Waals surface area contributed by atoms with Gasteiger partial charge in [0.2, 0.25) is 6.10 Å². The second kappa shape index (κ2) is 3.87. The van der Waals surface area contributed by atoms with Gasteiger partial charge in [-0.1, -0.05) is 6.42 Å². The number of hydrogen-bond donors (Lipinski definition) is 1. The van der Waals surface area contributed by atoms with Crippen LogP contribution in [-0.2, 0) is 4.29 Å². The standard InChI is InChI=1S/C6H11ClO5/c8-5-3-1-2-4-6(5)12-7(9,10)11/h5-6,8H,1-4H2. The Hall–Kier alpha value is 0.0900. The molecule has 1 saturated carbocycles. The van der Waals surface area contributed by atoms with Crippen LogP contribution in [0.4, 0.5) is 0 Å². The van der Waals surface area contributed by atoms with Crippen LogP contribution in [0.1, 0.15) is 25.7 Å². The summed E-state index contributed by atoms with van der Waals surface area (Å²) in [5.74, 6) is 0. The van der Waals surface area contributed by atoms with Gasteiger partial charge < -0.3 is 5.11 Å². The van der Waals surface area contributed by atoms with E-state index in [1.807, 2.05) is 0 Å². The summed E-state index contributed by atoms with van der Waals surface area (Å²) in [4.78, 5) is 0. The van der Waals surface area contributed by atoms with Gasteiger partial charge in [-0.25, -0.2) is 0 Å². The molecule has 0 aromatic carbocycles. The smallest absolute Gasteiger partial charge is 0.239 e. The van der Waals surface area contributed by atoms with E-state index < -0.39 is 22.5 Å². The quantitative estimate of drug-likeness (QED) is 0.517. The predicted molar refractivity (Wildman–Crippen MR) is 29.3 cm³/mol. The average molecular weight is 199 g/mol. The topological polar surface area (TPSA) is 98.6 Å². The third kappa shape index (κ3) is 3.22. The monoisotopic (exact) mass is 198 g/mol. The van der Waals surface area contributed by atoms with Gasteiger partial charge in [-0.05, 0) is 19.3 Å². The lowest BCUT2D eigenvalue weighted by Crippen LogP contribution is -2.63. The van der Waals surface area contributed by atoms with Gasteiger partial charge in [0, 0.05) is 0 Å². The van der Waals surface area contributed by atoms with Crippen molar-refractivity contribution in [1.29, 1.82) is 0 Å². The van der Waals surface area contributed by atoms with E-state index in [0.717, 1.165) is 12.8 Å². The minimum absolute atomic E-state index is 0.426. The van der Waals surface area contributed by atoms with Crippen molar-refractivity contribution >= 4 is 0 Å². The first-order valence-corrected chi connectivity index (χ1v) is 5.00. The Bertz CT molecular complexity index is 145.